The Kier molecular flexibility index (Phi) is 5.66. The molecular weight excluding hydrogens is 476 g/mol. The van der Waals surface area contributed by atoms with Crippen molar-refractivity contribution >= 4 is 49.2 Å². The number of methoxy groups -OCH3 is 1. The number of aromatic amines is 1. The van der Waals surface area contributed by atoms with E-state index in [1.54, 1.807) is 72.8 Å². The minimum absolute atomic E-state index is 0.142. The number of H-pyrrole nitrogens is 1. The maximum Gasteiger partial charge on any atom is 0.356 e. The number of anilines is 1. The first kappa shape index (κ1) is 23.1. The lowest BCUT2D eigenvalue weighted by atomic mass is 10.1. The zero-order valence-corrected chi connectivity index (χ0v) is 20.2. The quantitative estimate of drug-likeness (QED) is 0.254. The number of carbonyl (C=O) groups is 1. The summed E-state index contributed by atoms with van der Waals surface area (Å²) in [6.07, 6.45) is 0. The maximum atomic E-state index is 13.0. The van der Waals surface area contributed by atoms with Crippen molar-refractivity contribution in [1.82, 2.24) is 9.97 Å². The summed E-state index contributed by atoms with van der Waals surface area (Å²) in [4.78, 5) is 23.9. The Morgan fingerprint density at radius 3 is 2.39 bits per heavy atom. The van der Waals surface area contributed by atoms with Gasteiger partial charge in [-0.3, -0.25) is 4.31 Å². The van der Waals surface area contributed by atoms with Gasteiger partial charge in [0.25, 0.3) is 10.0 Å². The molecule has 36 heavy (non-hydrogen) atoms. The summed E-state index contributed by atoms with van der Waals surface area (Å²) in [5, 5.41) is 1.61. The van der Waals surface area contributed by atoms with Crippen molar-refractivity contribution in [2.75, 3.05) is 18.5 Å². The Bertz CT molecular complexity index is 1770. The van der Waals surface area contributed by atoms with E-state index in [0.717, 1.165) is 16.3 Å². The van der Waals surface area contributed by atoms with Crippen molar-refractivity contribution < 1.29 is 17.9 Å². The van der Waals surface area contributed by atoms with Crippen molar-refractivity contribution in [3.63, 3.8) is 0 Å². The van der Waals surface area contributed by atoms with Gasteiger partial charge in [-0.2, -0.15) is 0 Å². The van der Waals surface area contributed by atoms with E-state index < -0.39 is 16.0 Å². The summed E-state index contributed by atoms with van der Waals surface area (Å²) in [6, 6.07) is 22.1. The fraction of sp³-hybridized carbons (Fsp3) is 0.0741. The molecule has 0 aliphatic rings. The van der Waals surface area contributed by atoms with Gasteiger partial charge >= 0.3 is 5.97 Å². The van der Waals surface area contributed by atoms with Crippen LogP contribution < -0.4 is 4.31 Å². The summed E-state index contributed by atoms with van der Waals surface area (Å²) in [7, 11) is -0.930. The molecule has 0 bridgehead atoms. The Morgan fingerprint density at radius 2 is 1.72 bits per heavy atom. The number of nitrogens with zero attached hydrogens (tertiary/aromatic N) is 3. The number of sulfonamides is 1. The van der Waals surface area contributed by atoms with Gasteiger partial charge in [0.15, 0.2) is 5.69 Å². The Hall–Kier alpha value is -4.68. The van der Waals surface area contributed by atoms with E-state index in [2.05, 4.69) is 14.8 Å². The summed E-state index contributed by atoms with van der Waals surface area (Å²) in [6.45, 7) is 7.29. The lowest BCUT2D eigenvalue weighted by Gasteiger charge is -2.20. The SMILES string of the molecule is [C-]#[N+]c1ccc2c(c1)[nH]c1c(-c3ccc(N(C)S(=O)(=O)c4ccccc4)cc3)nc(C(=O)OC)cc12. The van der Waals surface area contributed by atoms with Crippen molar-refractivity contribution in [2.24, 2.45) is 0 Å². The molecule has 1 N–H and O–H groups in total. The highest BCUT2D eigenvalue weighted by molar-refractivity contribution is 7.92. The number of aromatic nitrogens is 2. The largest absolute Gasteiger partial charge is 0.464 e. The van der Waals surface area contributed by atoms with Crippen LogP contribution in [0.4, 0.5) is 11.4 Å². The highest BCUT2D eigenvalue weighted by atomic mass is 32.2. The molecular formula is C27H20N4O4S. The van der Waals surface area contributed by atoms with E-state index in [4.69, 9.17) is 11.3 Å². The highest BCUT2D eigenvalue weighted by Gasteiger charge is 2.22. The molecule has 0 unspecified atom stereocenters. The molecule has 0 amide bonds. The molecule has 0 saturated carbocycles. The van der Waals surface area contributed by atoms with Crippen LogP contribution in [0.5, 0.6) is 0 Å². The van der Waals surface area contributed by atoms with Crippen LogP contribution in [0.1, 0.15) is 10.5 Å². The summed E-state index contributed by atoms with van der Waals surface area (Å²) >= 11 is 0. The van der Waals surface area contributed by atoms with Crippen LogP contribution in [-0.2, 0) is 14.8 Å². The highest BCUT2D eigenvalue weighted by Crippen LogP contribution is 2.35. The third kappa shape index (κ3) is 3.83. The molecule has 0 atom stereocenters. The molecule has 0 spiro atoms. The molecule has 178 valence electrons. The average molecular weight is 497 g/mol. The first-order chi connectivity index (χ1) is 17.3. The van der Waals surface area contributed by atoms with E-state index >= 15 is 0 Å². The van der Waals surface area contributed by atoms with Gasteiger partial charge in [-0.1, -0.05) is 42.5 Å². The fourth-order valence-electron chi connectivity index (χ4n) is 4.10. The zero-order valence-electron chi connectivity index (χ0n) is 19.4. The van der Waals surface area contributed by atoms with E-state index in [0.29, 0.717) is 28.1 Å². The predicted octanol–water partition coefficient (Wildman–Crippen LogP) is 5.55. The predicted molar refractivity (Wildman–Crippen MR) is 139 cm³/mol. The molecule has 5 aromatic rings. The topological polar surface area (TPSA) is 96.7 Å². The molecule has 2 heterocycles. The Balaban J connectivity index is 1.63. The van der Waals surface area contributed by atoms with E-state index in [-0.39, 0.29) is 10.6 Å². The molecule has 0 fully saturated rings. The molecule has 8 nitrogen and oxygen atoms in total. The first-order valence-electron chi connectivity index (χ1n) is 10.9. The molecule has 2 aromatic heterocycles. The van der Waals surface area contributed by atoms with Crippen LogP contribution in [0.15, 0.2) is 83.8 Å². The Morgan fingerprint density at radius 1 is 1.00 bits per heavy atom. The van der Waals surface area contributed by atoms with Gasteiger partial charge in [0.05, 0.1) is 35.5 Å². The molecule has 3 aromatic carbocycles. The second-order valence-corrected chi connectivity index (χ2v) is 10.0. The molecule has 0 radical (unpaired) electrons. The third-order valence-corrected chi connectivity index (χ3v) is 7.80. The molecule has 9 heteroatoms. The van der Waals surface area contributed by atoms with Gasteiger partial charge < -0.3 is 9.72 Å². The maximum absolute atomic E-state index is 13.0. The number of hydrogen-bond donors (Lipinski definition) is 1. The lowest BCUT2D eigenvalue weighted by molar-refractivity contribution is 0.0594. The molecule has 5 rings (SSSR count). The van der Waals surface area contributed by atoms with Crippen molar-refractivity contribution in [1.29, 1.82) is 0 Å². The first-order valence-corrected chi connectivity index (χ1v) is 12.3. The number of carbonyl (C=O) groups excluding carboxylic acids is 1. The van der Waals surface area contributed by atoms with Gasteiger partial charge in [-0.05, 0) is 36.4 Å². The van der Waals surface area contributed by atoms with Gasteiger partial charge in [0.2, 0.25) is 0 Å². The number of nitrogens with one attached hydrogen (secondary N) is 1. The van der Waals surface area contributed by atoms with Gasteiger partial charge in [-0.15, -0.1) is 0 Å². The normalized spacial score (nSPS) is 11.4. The van der Waals surface area contributed by atoms with E-state index in [1.807, 2.05) is 6.07 Å². The number of fused-ring (bicyclic) bond motifs is 3. The summed E-state index contributed by atoms with van der Waals surface area (Å²) in [5.74, 6) is -0.574. The molecule has 0 aliphatic heterocycles. The standard InChI is InChI=1S/C27H20N4O4S/c1-28-18-11-14-21-22-16-24(27(32)35-3)30-25(26(22)29-23(21)15-18)17-9-12-19(13-10-17)31(2)36(33,34)20-7-5-4-6-8-20/h4-16,29H,2-3H3. The number of rotatable bonds is 5. The van der Waals surface area contributed by atoms with Crippen LogP contribution in [-0.4, -0.2) is 38.5 Å². The third-order valence-electron chi connectivity index (χ3n) is 6.00. The van der Waals surface area contributed by atoms with Crippen LogP contribution >= 0.6 is 0 Å². The van der Waals surface area contributed by atoms with Crippen molar-refractivity contribution in [3.8, 4) is 11.3 Å². The monoisotopic (exact) mass is 496 g/mol. The lowest BCUT2D eigenvalue weighted by Crippen LogP contribution is -2.26. The van der Waals surface area contributed by atoms with Crippen LogP contribution in [0.3, 0.4) is 0 Å². The minimum atomic E-state index is -3.72. The smallest absolute Gasteiger partial charge is 0.356 e. The zero-order chi connectivity index (χ0) is 25.4. The summed E-state index contributed by atoms with van der Waals surface area (Å²) in [5.41, 5.74) is 3.73. The summed E-state index contributed by atoms with van der Waals surface area (Å²) < 4.78 is 32.1. The van der Waals surface area contributed by atoms with Gasteiger partial charge in [0.1, 0.15) is 5.69 Å². The fourth-order valence-corrected chi connectivity index (χ4v) is 5.31. The van der Waals surface area contributed by atoms with Crippen LogP contribution in [0, 0.1) is 6.57 Å². The Labute approximate surface area is 207 Å². The minimum Gasteiger partial charge on any atom is -0.464 e. The van der Waals surface area contributed by atoms with Crippen LogP contribution in [0.25, 0.3) is 37.9 Å². The van der Waals surface area contributed by atoms with E-state index in [9.17, 15) is 13.2 Å². The number of ether oxygens (including phenoxy) is 1. The number of benzene rings is 3. The molecule has 0 saturated heterocycles. The second kappa shape index (κ2) is 8.83. The van der Waals surface area contributed by atoms with Crippen molar-refractivity contribution in [2.45, 2.75) is 4.90 Å². The number of pyridine rings is 1. The van der Waals surface area contributed by atoms with E-state index in [1.165, 1.54) is 18.5 Å². The number of hydrogen-bond acceptors (Lipinski definition) is 5. The van der Waals surface area contributed by atoms with Crippen molar-refractivity contribution in [3.05, 3.63) is 96.0 Å². The van der Waals surface area contributed by atoms with Crippen LogP contribution in [0.2, 0.25) is 0 Å². The second-order valence-electron chi connectivity index (χ2n) is 8.07. The number of esters is 1. The van der Waals surface area contributed by atoms with Gasteiger partial charge in [-0.25, -0.2) is 23.0 Å². The molecule has 0 aliphatic carbocycles. The average Bonchev–Trinajstić information content (AvgIpc) is 3.30. The van der Waals surface area contributed by atoms with Gasteiger partial charge in [0, 0.05) is 28.9 Å².